The van der Waals surface area contributed by atoms with Crippen molar-refractivity contribution in [3.05, 3.63) is 53.9 Å². The van der Waals surface area contributed by atoms with Crippen LogP contribution in [0.1, 0.15) is 36.7 Å². The SMILES string of the molecule is CC(C)(C)OC(=O)Nc1ccccc1NC(=O)c1cncc(C#N)c1. The van der Waals surface area contributed by atoms with E-state index in [1.165, 1.54) is 18.5 Å². The van der Waals surface area contributed by atoms with E-state index in [0.717, 1.165) is 0 Å². The number of pyridine rings is 1. The maximum absolute atomic E-state index is 12.3. The van der Waals surface area contributed by atoms with E-state index in [1.807, 2.05) is 6.07 Å². The van der Waals surface area contributed by atoms with Crippen LogP contribution in [0.15, 0.2) is 42.7 Å². The van der Waals surface area contributed by atoms with Crippen molar-refractivity contribution in [2.45, 2.75) is 26.4 Å². The zero-order valence-electron chi connectivity index (χ0n) is 14.2. The first-order valence-corrected chi connectivity index (χ1v) is 7.54. The molecule has 7 heteroatoms. The topological polar surface area (TPSA) is 104 Å². The number of hydrogen-bond donors (Lipinski definition) is 2. The fourth-order valence-electron chi connectivity index (χ4n) is 1.93. The maximum atomic E-state index is 12.3. The molecule has 128 valence electrons. The summed E-state index contributed by atoms with van der Waals surface area (Å²) in [5.74, 6) is -0.442. The molecule has 0 aliphatic carbocycles. The van der Waals surface area contributed by atoms with Crippen molar-refractivity contribution in [3.63, 3.8) is 0 Å². The van der Waals surface area contributed by atoms with Gasteiger partial charge >= 0.3 is 6.09 Å². The number of anilines is 2. The minimum Gasteiger partial charge on any atom is -0.444 e. The lowest BCUT2D eigenvalue weighted by atomic mass is 10.2. The number of carbonyl (C=O) groups is 2. The van der Waals surface area contributed by atoms with Crippen molar-refractivity contribution in [1.29, 1.82) is 5.26 Å². The minimum absolute atomic E-state index is 0.242. The van der Waals surface area contributed by atoms with Crippen LogP contribution in [-0.4, -0.2) is 22.6 Å². The molecule has 2 aromatic rings. The molecule has 0 spiro atoms. The molecule has 0 radical (unpaired) electrons. The van der Waals surface area contributed by atoms with Crippen molar-refractivity contribution in [2.24, 2.45) is 0 Å². The van der Waals surface area contributed by atoms with Gasteiger partial charge in [0.25, 0.3) is 5.91 Å². The lowest BCUT2D eigenvalue weighted by Gasteiger charge is -2.20. The van der Waals surface area contributed by atoms with Crippen LogP contribution in [0.4, 0.5) is 16.2 Å². The normalized spacial score (nSPS) is 10.5. The Kier molecular flexibility index (Phi) is 5.35. The Morgan fingerprint density at radius 3 is 2.36 bits per heavy atom. The zero-order valence-corrected chi connectivity index (χ0v) is 14.2. The predicted octanol–water partition coefficient (Wildman–Crippen LogP) is 3.55. The molecule has 25 heavy (non-hydrogen) atoms. The third-order valence-corrected chi connectivity index (χ3v) is 2.94. The first kappa shape index (κ1) is 17.9. The van der Waals surface area contributed by atoms with Gasteiger partial charge in [-0.15, -0.1) is 0 Å². The third kappa shape index (κ3) is 5.32. The number of hydrogen-bond acceptors (Lipinski definition) is 5. The summed E-state index contributed by atoms with van der Waals surface area (Å²) < 4.78 is 5.21. The molecule has 1 aromatic heterocycles. The lowest BCUT2D eigenvalue weighted by Crippen LogP contribution is -2.27. The van der Waals surface area contributed by atoms with Gasteiger partial charge in [0.05, 0.1) is 22.5 Å². The standard InChI is InChI=1S/C18H18N4O3/c1-18(2,3)25-17(24)22-15-7-5-4-6-14(15)21-16(23)13-8-12(9-19)10-20-11-13/h4-8,10-11H,1-3H3,(H,21,23)(H,22,24). The van der Waals surface area contributed by atoms with E-state index in [0.29, 0.717) is 11.4 Å². The van der Waals surface area contributed by atoms with Gasteiger partial charge < -0.3 is 10.1 Å². The van der Waals surface area contributed by atoms with Crippen LogP contribution in [0.3, 0.4) is 0 Å². The van der Waals surface area contributed by atoms with Crippen LogP contribution >= 0.6 is 0 Å². The fraction of sp³-hybridized carbons (Fsp3) is 0.222. The Hall–Kier alpha value is -3.40. The van der Waals surface area contributed by atoms with Gasteiger partial charge in [0, 0.05) is 12.4 Å². The highest BCUT2D eigenvalue weighted by Gasteiger charge is 2.18. The Bertz CT molecular complexity index is 835. The molecule has 2 rings (SSSR count). The van der Waals surface area contributed by atoms with Gasteiger partial charge in [-0.1, -0.05) is 12.1 Å². The number of nitriles is 1. The van der Waals surface area contributed by atoms with E-state index in [9.17, 15) is 9.59 Å². The molecule has 0 aliphatic rings. The molecule has 2 amide bonds. The van der Waals surface area contributed by atoms with E-state index in [4.69, 9.17) is 10.00 Å². The quantitative estimate of drug-likeness (QED) is 0.890. The number of carbonyl (C=O) groups excluding carboxylic acids is 2. The molecule has 7 nitrogen and oxygen atoms in total. The van der Waals surface area contributed by atoms with E-state index in [2.05, 4.69) is 15.6 Å². The van der Waals surface area contributed by atoms with Crippen LogP contribution in [0.5, 0.6) is 0 Å². The van der Waals surface area contributed by atoms with Gasteiger partial charge in [0.15, 0.2) is 0 Å². The first-order valence-electron chi connectivity index (χ1n) is 7.54. The van der Waals surface area contributed by atoms with Crippen molar-refractivity contribution in [3.8, 4) is 6.07 Å². The Balaban J connectivity index is 2.16. The smallest absolute Gasteiger partial charge is 0.412 e. The number of rotatable bonds is 3. The van der Waals surface area contributed by atoms with Gasteiger partial charge in [-0.25, -0.2) is 4.79 Å². The number of benzene rings is 1. The first-order chi connectivity index (χ1) is 11.8. The summed E-state index contributed by atoms with van der Waals surface area (Å²) in [5.41, 5.74) is 0.695. The molecule has 0 fully saturated rings. The summed E-state index contributed by atoms with van der Waals surface area (Å²) in [4.78, 5) is 28.1. The molecule has 0 aliphatic heterocycles. The molecule has 1 heterocycles. The minimum atomic E-state index is -0.633. The Morgan fingerprint density at radius 2 is 1.76 bits per heavy atom. The van der Waals surface area contributed by atoms with Crippen LogP contribution in [0.25, 0.3) is 0 Å². The van der Waals surface area contributed by atoms with Crippen LogP contribution in [0.2, 0.25) is 0 Å². The molecule has 0 saturated carbocycles. The molecular weight excluding hydrogens is 320 g/mol. The Morgan fingerprint density at radius 1 is 1.12 bits per heavy atom. The number of para-hydroxylation sites is 2. The Labute approximate surface area is 145 Å². The highest BCUT2D eigenvalue weighted by Crippen LogP contribution is 2.22. The number of nitrogens with zero attached hydrogens (tertiary/aromatic N) is 2. The number of ether oxygens (including phenoxy) is 1. The summed E-state index contributed by atoms with van der Waals surface area (Å²) >= 11 is 0. The molecule has 0 saturated heterocycles. The van der Waals surface area contributed by atoms with Gasteiger partial charge in [0.2, 0.25) is 0 Å². The summed E-state index contributed by atoms with van der Waals surface area (Å²) in [6.45, 7) is 5.28. The highest BCUT2D eigenvalue weighted by molar-refractivity contribution is 6.06. The van der Waals surface area contributed by atoms with Crippen molar-refractivity contribution >= 4 is 23.4 Å². The summed E-state index contributed by atoms with van der Waals surface area (Å²) in [5, 5.41) is 14.2. The van der Waals surface area contributed by atoms with E-state index >= 15 is 0 Å². The molecule has 1 aromatic carbocycles. The summed E-state index contributed by atoms with van der Waals surface area (Å²) in [6.07, 6.45) is 2.11. The second-order valence-corrected chi connectivity index (χ2v) is 6.20. The number of nitrogens with one attached hydrogen (secondary N) is 2. The van der Waals surface area contributed by atoms with Gasteiger partial charge in [0.1, 0.15) is 11.7 Å². The van der Waals surface area contributed by atoms with Gasteiger partial charge in [-0.05, 0) is 39.0 Å². The maximum Gasteiger partial charge on any atom is 0.412 e. The van der Waals surface area contributed by atoms with Crippen LogP contribution in [-0.2, 0) is 4.74 Å². The molecule has 2 N–H and O–H groups in total. The largest absolute Gasteiger partial charge is 0.444 e. The average Bonchev–Trinajstić information content (AvgIpc) is 2.55. The van der Waals surface area contributed by atoms with Gasteiger partial charge in [-0.3, -0.25) is 15.1 Å². The molecule has 0 atom stereocenters. The van der Waals surface area contributed by atoms with Crippen molar-refractivity contribution < 1.29 is 14.3 Å². The summed E-state index contributed by atoms with van der Waals surface area (Å²) in [6, 6.07) is 10.1. The monoisotopic (exact) mass is 338 g/mol. The van der Waals surface area contributed by atoms with E-state index in [1.54, 1.807) is 45.0 Å². The summed E-state index contributed by atoms with van der Waals surface area (Å²) in [7, 11) is 0. The van der Waals surface area contributed by atoms with Crippen molar-refractivity contribution in [1.82, 2.24) is 4.98 Å². The molecular formula is C18H18N4O3. The lowest BCUT2D eigenvalue weighted by molar-refractivity contribution is 0.0635. The van der Waals surface area contributed by atoms with Crippen LogP contribution < -0.4 is 10.6 Å². The zero-order chi connectivity index (χ0) is 18.4. The van der Waals surface area contributed by atoms with Gasteiger partial charge in [-0.2, -0.15) is 5.26 Å². The number of aromatic nitrogens is 1. The fourth-order valence-corrected chi connectivity index (χ4v) is 1.93. The number of amides is 2. The van der Waals surface area contributed by atoms with Crippen LogP contribution in [0, 0.1) is 11.3 Å². The predicted molar refractivity (Wildman–Crippen MR) is 93.2 cm³/mol. The second-order valence-electron chi connectivity index (χ2n) is 6.20. The highest BCUT2D eigenvalue weighted by atomic mass is 16.6. The molecule has 0 bridgehead atoms. The second kappa shape index (κ2) is 7.45. The average molecular weight is 338 g/mol. The van der Waals surface area contributed by atoms with Crippen molar-refractivity contribution in [2.75, 3.05) is 10.6 Å². The third-order valence-electron chi connectivity index (χ3n) is 2.94. The molecule has 0 unspecified atom stereocenters. The van der Waals surface area contributed by atoms with E-state index < -0.39 is 17.6 Å². The van der Waals surface area contributed by atoms with E-state index in [-0.39, 0.29) is 11.1 Å².